The Kier molecular flexibility index (Phi) is 7.84. The van der Waals surface area contributed by atoms with Gasteiger partial charge in [0, 0.05) is 17.7 Å². The Morgan fingerprint density at radius 2 is 1.81 bits per heavy atom. The molecule has 0 saturated carbocycles. The lowest BCUT2D eigenvalue weighted by Crippen LogP contribution is -2.19. The van der Waals surface area contributed by atoms with Gasteiger partial charge in [-0.1, -0.05) is 25.4 Å². The number of halogens is 1. The summed E-state index contributed by atoms with van der Waals surface area (Å²) in [6, 6.07) is 2.52. The van der Waals surface area contributed by atoms with Crippen molar-refractivity contribution in [1.82, 2.24) is 0 Å². The number of rotatable bonds is 9. The van der Waals surface area contributed by atoms with Crippen LogP contribution in [-0.2, 0) is 19.4 Å². The van der Waals surface area contributed by atoms with Crippen LogP contribution in [0.25, 0.3) is 0 Å². The van der Waals surface area contributed by atoms with Crippen molar-refractivity contribution in [2.45, 2.75) is 32.6 Å². The van der Waals surface area contributed by atoms with Crippen LogP contribution < -0.4 is 4.74 Å². The first-order valence-electron chi connectivity index (χ1n) is 8.12. The van der Waals surface area contributed by atoms with Crippen LogP contribution in [-0.4, -0.2) is 39.5 Å². The van der Waals surface area contributed by atoms with Crippen molar-refractivity contribution < 1.29 is 27.5 Å². The number of ketones is 2. The Hall–Kier alpha value is -1.86. The summed E-state index contributed by atoms with van der Waals surface area (Å²) in [6.07, 6.45) is 2.14. The number of benzene rings is 1. The van der Waals surface area contributed by atoms with E-state index in [0.29, 0.717) is 0 Å². The second-order valence-electron chi connectivity index (χ2n) is 5.79. The fourth-order valence-corrected chi connectivity index (χ4v) is 3.30. The molecular formula is C18H23ClO6S. The monoisotopic (exact) mass is 402 g/mol. The van der Waals surface area contributed by atoms with Crippen molar-refractivity contribution in [1.29, 1.82) is 0 Å². The van der Waals surface area contributed by atoms with Gasteiger partial charge in [-0.05, 0) is 26.0 Å². The lowest BCUT2D eigenvalue weighted by Gasteiger charge is -2.15. The van der Waals surface area contributed by atoms with E-state index in [-0.39, 0.29) is 40.0 Å². The summed E-state index contributed by atoms with van der Waals surface area (Å²) in [6.45, 7) is 7.16. The van der Waals surface area contributed by atoms with E-state index in [1.807, 2.05) is 0 Å². The second kappa shape index (κ2) is 9.19. The SMILES string of the molecule is CCO/C=C(/C(=O)c1ccc(S(C)(=O)=O)c(OCC)c1Cl)C(=O)C(C)C. The molecule has 0 N–H and O–H groups in total. The number of hydrogen-bond donors (Lipinski definition) is 0. The van der Waals surface area contributed by atoms with Crippen LogP contribution in [0, 0.1) is 5.92 Å². The highest BCUT2D eigenvalue weighted by molar-refractivity contribution is 7.90. The summed E-state index contributed by atoms with van der Waals surface area (Å²) in [5.41, 5.74) is -0.180. The van der Waals surface area contributed by atoms with Crippen molar-refractivity contribution in [3.05, 3.63) is 34.6 Å². The predicted molar refractivity (Wildman–Crippen MR) is 99.6 cm³/mol. The maximum absolute atomic E-state index is 12.9. The van der Waals surface area contributed by atoms with Crippen LogP contribution in [0.4, 0.5) is 0 Å². The first-order chi connectivity index (χ1) is 12.1. The molecule has 0 atom stereocenters. The summed E-state index contributed by atoms with van der Waals surface area (Å²) in [4.78, 5) is 25.1. The third-order valence-electron chi connectivity index (χ3n) is 3.40. The van der Waals surface area contributed by atoms with Crippen molar-refractivity contribution in [3.63, 3.8) is 0 Å². The van der Waals surface area contributed by atoms with Crippen LogP contribution in [0.5, 0.6) is 5.75 Å². The highest BCUT2D eigenvalue weighted by Gasteiger charge is 2.28. The topological polar surface area (TPSA) is 86.7 Å². The molecule has 0 bridgehead atoms. The summed E-state index contributed by atoms with van der Waals surface area (Å²) in [7, 11) is -3.61. The molecule has 1 aromatic carbocycles. The number of carbonyl (C=O) groups is 2. The molecule has 0 saturated heterocycles. The molecule has 0 radical (unpaired) electrons. The third kappa shape index (κ3) is 5.08. The smallest absolute Gasteiger partial charge is 0.201 e. The van der Waals surface area contributed by atoms with Gasteiger partial charge in [0.1, 0.15) is 10.5 Å². The Morgan fingerprint density at radius 3 is 2.27 bits per heavy atom. The Bertz CT molecular complexity index is 824. The molecule has 0 heterocycles. The highest BCUT2D eigenvalue weighted by Crippen LogP contribution is 2.36. The van der Waals surface area contributed by atoms with Gasteiger partial charge in [0.25, 0.3) is 0 Å². The maximum Gasteiger partial charge on any atom is 0.201 e. The van der Waals surface area contributed by atoms with Gasteiger partial charge in [-0.3, -0.25) is 9.59 Å². The summed E-state index contributed by atoms with van der Waals surface area (Å²) < 4.78 is 34.3. The zero-order valence-electron chi connectivity index (χ0n) is 15.5. The summed E-state index contributed by atoms with van der Waals surface area (Å²) in [5.74, 6) is -1.57. The van der Waals surface area contributed by atoms with Gasteiger partial charge in [-0.15, -0.1) is 0 Å². The first kappa shape index (κ1) is 22.2. The first-order valence-corrected chi connectivity index (χ1v) is 10.4. The fraction of sp³-hybridized carbons (Fsp3) is 0.444. The molecule has 1 rings (SSSR count). The number of Topliss-reactive ketones (excluding diaryl/α,β-unsaturated/α-hetero) is 2. The largest absolute Gasteiger partial charge is 0.501 e. The zero-order chi connectivity index (χ0) is 20.1. The third-order valence-corrected chi connectivity index (χ3v) is 4.89. The number of allylic oxidation sites excluding steroid dienone is 1. The summed E-state index contributed by atoms with van der Waals surface area (Å²) >= 11 is 6.27. The van der Waals surface area contributed by atoms with Crippen LogP contribution in [0.2, 0.25) is 5.02 Å². The standard InChI is InChI=1S/C18H23ClO6S/c1-6-24-10-13(16(20)11(3)4)17(21)12-8-9-14(26(5,22)23)18(15(12)19)25-7-2/h8-11H,6-7H2,1-5H3/b13-10+. The van der Waals surface area contributed by atoms with Crippen LogP contribution >= 0.6 is 11.6 Å². The number of sulfone groups is 1. The number of hydrogen-bond acceptors (Lipinski definition) is 6. The zero-order valence-corrected chi connectivity index (χ0v) is 17.0. The molecule has 0 aliphatic carbocycles. The summed E-state index contributed by atoms with van der Waals surface area (Å²) in [5, 5.41) is -0.154. The molecule has 0 aliphatic heterocycles. The minimum absolute atomic E-state index is 0.0255. The van der Waals surface area contributed by atoms with E-state index >= 15 is 0 Å². The molecule has 1 aromatic rings. The minimum Gasteiger partial charge on any atom is -0.501 e. The van der Waals surface area contributed by atoms with Crippen molar-refractivity contribution in [2.24, 2.45) is 5.92 Å². The molecule has 0 aromatic heterocycles. The molecule has 26 heavy (non-hydrogen) atoms. The van der Waals surface area contributed by atoms with Gasteiger partial charge in [0.05, 0.1) is 24.5 Å². The minimum atomic E-state index is -3.61. The van der Waals surface area contributed by atoms with E-state index in [1.54, 1.807) is 27.7 Å². The van der Waals surface area contributed by atoms with Gasteiger partial charge in [-0.2, -0.15) is 0 Å². The molecular weight excluding hydrogens is 380 g/mol. The number of carbonyl (C=O) groups excluding carboxylic acids is 2. The molecule has 0 spiro atoms. The molecule has 0 aliphatic rings. The average Bonchev–Trinajstić information content (AvgIpc) is 2.55. The van der Waals surface area contributed by atoms with Crippen LogP contribution in [0.1, 0.15) is 38.1 Å². The average molecular weight is 403 g/mol. The van der Waals surface area contributed by atoms with Crippen LogP contribution in [0.3, 0.4) is 0 Å². The molecule has 8 heteroatoms. The second-order valence-corrected chi connectivity index (χ2v) is 8.16. The van der Waals surface area contributed by atoms with Gasteiger partial charge in [-0.25, -0.2) is 8.42 Å². The molecule has 0 fully saturated rings. The van der Waals surface area contributed by atoms with E-state index in [1.165, 1.54) is 12.1 Å². The van der Waals surface area contributed by atoms with E-state index < -0.39 is 27.3 Å². The van der Waals surface area contributed by atoms with Crippen molar-refractivity contribution in [2.75, 3.05) is 19.5 Å². The quantitative estimate of drug-likeness (QED) is 0.206. The molecule has 0 amide bonds. The maximum atomic E-state index is 12.9. The van der Waals surface area contributed by atoms with Gasteiger partial charge < -0.3 is 9.47 Å². The van der Waals surface area contributed by atoms with E-state index in [4.69, 9.17) is 21.1 Å². The van der Waals surface area contributed by atoms with Gasteiger partial charge in [0.2, 0.25) is 5.78 Å². The lowest BCUT2D eigenvalue weighted by molar-refractivity contribution is -0.118. The number of ether oxygens (including phenoxy) is 2. The predicted octanol–water partition coefficient (Wildman–Crippen LogP) is 3.47. The Balaban J connectivity index is 3.56. The fourth-order valence-electron chi connectivity index (χ4n) is 2.13. The Morgan fingerprint density at radius 1 is 1.19 bits per heavy atom. The van der Waals surface area contributed by atoms with Gasteiger partial charge >= 0.3 is 0 Å². The van der Waals surface area contributed by atoms with Crippen molar-refractivity contribution >= 4 is 33.0 Å². The normalized spacial score (nSPS) is 12.2. The lowest BCUT2D eigenvalue weighted by atomic mass is 9.95. The van der Waals surface area contributed by atoms with Gasteiger partial charge in [0.15, 0.2) is 21.4 Å². The Labute approximate surface area is 159 Å². The highest BCUT2D eigenvalue weighted by atomic mass is 35.5. The van der Waals surface area contributed by atoms with E-state index in [9.17, 15) is 18.0 Å². The molecule has 144 valence electrons. The van der Waals surface area contributed by atoms with Crippen LogP contribution in [0.15, 0.2) is 28.9 Å². The van der Waals surface area contributed by atoms with E-state index in [0.717, 1.165) is 12.5 Å². The molecule has 0 unspecified atom stereocenters. The van der Waals surface area contributed by atoms with E-state index in [2.05, 4.69) is 0 Å². The van der Waals surface area contributed by atoms with Crippen molar-refractivity contribution in [3.8, 4) is 5.75 Å². The molecule has 6 nitrogen and oxygen atoms in total.